The van der Waals surface area contributed by atoms with Crippen LogP contribution in [0.2, 0.25) is 0 Å². The van der Waals surface area contributed by atoms with E-state index in [1.54, 1.807) is 19.1 Å². The van der Waals surface area contributed by atoms with Gasteiger partial charge in [-0.25, -0.2) is 4.79 Å². The monoisotopic (exact) mass is 208 g/mol. The maximum absolute atomic E-state index is 10.8. The van der Waals surface area contributed by atoms with Gasteiger partial charge < -0.3 is 10.2 Å². The Morgan fingerprint density at radius 1 is 1.40 bits per heavy atom. The second-order valence-electron chi connectivity index (χ2n) is 2.67. The predicted molar refractivity (Wildman–Crippen MR) is 54.9 cm³/mol. The van der Waals surface area contributed by atoms with Crippen molar-refractivity contribution in [3.05, 3.63) is 24.3 Å². The van der Waals surface area contributed by atoms with Gasteiger partial charge in [0.25, 0.3) is 0 Å². The van der Waals surface area contributed by atoms with Crippen molar-refractivity contribution in [2.75, 3.05) is 6.61 Å². The van der Waals surface area contributed by atoms with E-state index in [9.17, 15) is 4.79 Å². The molecule has 1 unspecified atom stereocenters. The lowest BCUT2D eigenvalue weighted by Gasteiger charge is -1.94. The maximum Gasteiger partial charge on any atom is 0.329 e. The number of carbonyl (C=O) groups excluding carboxylic acids is 1. The van der Waals surface area contributed by atoms with Crippen LogP contribution in [-0.4, -0.2) is 28.6 Å². The van der Waals surface area contributed by atoms with Crippen LogP contribution in [0.15, 0.2) is 24.3 Å². The van der Waals surface area contributed by atoms with Gasteiger partial charge in [0.15, 0.2) is 0 Å². The van der Waals surface area contributed by atoms with Crippen LogP contribution in [-0.2, 0) is 9.59 Å². The number of aliphatic carboxylic acids is 1. The standard InChI is InChI=1S/C9H8O.C2H4O3/c1-8(10)9-6-4-2-3-5-7-9;3-1-2(4)5/h2-4,6,9H,1H3;3H,1H2,(H,4,5). The van der Waals surface area contributed by atoms with Gasteiger partial charge in [0.1, 0.15) is 12.4 Å². The molecule has 0 heterocycles. The van der Waals surface area contributed by atoms with E-state index in [0.29, 0.717) is 0 Å². The Balaban J connectivity index is 0.000000336. The van der Waals surface area contributed by atoms with Crippen LogP contribution in [0.25, 0.3) is 0 Å². The molecule has 0 fully saturated rings. The Labute approximate surface area is 87.9 Å². The molecule has 1 aliphatic rings. The number of carbonyl (C=O) groups is 2. The van der Waals surface area contributed by atoms with Crippen molar-refractivity contribution in [1.29, 1.82) is 0 Å². The van der Waals surface area contributed by atoms with Gasteiger partial charge in [-0.15, -0.1) is 0 Å². The number of Topliss-reactive ketones (excluding diaryl/α,β-unsaturated/α-hetero) is 1. The summed E-state index contributed by atoms with van der Waals surface area (Å²) in [5.74, 6) is 4.29. The molecule has 1 atom stereocenters. The lowest BCUT2D eigenvalue weighted by atomic mass is 10.1. The molecule has 0 saturated heterocycles. The van der Waals surface area contributed by atoms with E-state index in [1.807, 2.05) is 12.2 Å². The summed E-state index contributed by atoms with van der Waals surface area (Å²) >= 11 is 0. The van der Waals surface area contributed by atoms with E-state index in [-0.39, 0.29) is 11.7 Å². The largest absolute Gasteiger partial charge is 0.480 e. The molecule has 0 amide bonds. The van der Waals surface area contributed by atoms with E-state index < -0.39 is 12.6 Å². The highest BCUT2D eigenvalue weighted by atomic mass is 16.4. The Morgan fingerprint density at radius 2 is 2.00 bits per heavy atom. The number of hydrogen-bond acceptors (Lipinski definition) is 3. The summed E-state index contributed by atoms with van der Waals surface area (Å²) in [5, 5.41) is 15.0. The fourth-order valence-corrected chi connectivity index (χ4v) is 0.702. The summed E-state index contributed by atoms with van der Waals surface area (Å²) in [6, 6.07) is 0. The van der Waals surface area contributed by atoms with Gasteiger partial charge in [-0.3, -0.25) is 4.79 Å². The summed E-state index contributed by atoms with van der Waals surface area (Å²) in [4.78, 5) is 19.9. The van der Waals surface area contributed by atoms with Crippen LogP contribution in [0.5, 0.6) is 0 Å². The molecule has 1 aliphatic carbocycles. The molecule has 0 saturated carbocycles. The molecule has 0 aliphatic heterocycles. The number of carboxylic acids is 1. The predicted octanol–water partition coefficient (Wildman–Crippen LogP) is 0.384. The quantitative estimate of drug-likeness (QED) is 0.643. The van der Waals surface area contributed by atoms with Crippen LogP contribution in [0.3, 0.4) is 0 Å². The van der Waals surface area contributed by atoms with Gasteiger partial charge in [-0.1, -0.05) is 30.1 Å². The molecule has 80 valence electrons. The van der Waals surface area contributed by atoms with Crippen LogP contribution in [0.4, 0.5) is 0 Å². The molecule has 1 rings (SSSR count). The van der Waals surface area contributed by atoms with E-state index in [4.69, 9.17) is 15.0 Å². The highest BCUT2D eigenvalue weighted by Gasteiger charge is 2.05. The number of aliphatic hydroxyl groups excluding tert-OH is 1. The average Bonchev–Trinajstić information content (AvgIpc) is 2.46. The topological polar surface area (TPSA) is 74.6 Å². The summed E-state index contributed by atoms with van der Waals surface area (Å²) in [6.45, 7) is 0.773. The van der Waals surface area contributed by atoms with E-state index >= 15 is 0 Å². The van der Waals surface area contributed by atoms with Crippen molar-refractivity contribution in [2.45, 2.75) is 6.92 Å². The summed E-state index contributed by atoms with van der Waals surface area (Å²) in [7, 11) is 0. The van der Waals surface area contributed by atoms with Crippen LogP contribution < -0.4 is 0 Å². The Kier molecular flexibility index (Phi) is 6.60. The van der Waals surface area contributed by atoms with Gasteiger partial charge in [-0.2, -0.15) is 0 Å². The number of hydrogen-bond donors (Lipinski definition) is 2. The third-order valence-electron chi connectivity index (χ3n) is 1.41. The molecule has 4 nitrogen and oxygen atoms in total. The molecule has 0 aromatic rings. The van der Waals surface area contributed by atoms with Gasteiger partial charge in [0, 0.05) is 0 Å². The number of allylic oxidation sites excluding steroid dienone is 4. The molecular weight excluding hydrogens is 196 g/mol. The van der Waals surface area contributed by atoms with E-state index in [1.165, 1.54) is 0 Å². The van der Waals surface area contributed by atoms with Gasteiger partial charge in [-0.05, 0) is 13.0 Å². The number of rotatable bonds is 2. The number of carboxylic acid groups (broad SMARTS) is 1. The third kappa shape index (κ3) is 7.23. The zero-order valence-electron chi connectivity index (χ0n) is 8.30. The number of ketones is 1. The van der Waals surface area contributed by atoms with Gasteiger partial charge in [0.2, 0.25) is 0 Å². The molecule has 0 aromatic heterocycles. The second-order valence-corrected chi connectivity index (χ2v) is 2.67. The fraction of sp³-hybridized carbons (Fsp3) is 0.273. The average molecular weight is 208 g/mol. The summed E-state index contributed by atoms with van der Waals surface area (Å²) in [5.41, 5.74) is 0. The Hall–Kier alpha value is -1.86. The lowest BCUT2D eigenvalue weighted by molar-refractivity contribution is -0.140. The normalized spacial score (nSPS) is 16.5. The molecule has 0 radical (unpaired) electrons. The van der Waals surface area contributed by atoms with E-state index in [0.717, 1.165) is 0 Å². The molecule has 2 N–H and O–H groups in total. The Morgan fingerprint density at radius 3 is 2.47 bits per heavy atom. The van der Waals surface area contributed by atoms with Crippen molar-refractivity contribution in [2.24, 2.45) is 5.92 Å². The summed E-state index contributed by atoms with van der Waals surface area (Å²) < 4.78 is 0. The molecule has 15 heavy (non-hydrogen) atoms. The fourth-order valence-electron chi connectivity index (χ4n) is 0.702. The second kappa shape index (κ2) is 7.54. The molecule has 0 spiro atoms. The zero-order valence-corrected chi connectivity index (χ0v) is 8.30. The van der Waals surface area contributed by atoms with Crippen LogP contribution in [0, 0.1) is 17.8 Å². The SMILES string of the molecule is CC(=O)C1C#CC=CC=C1.O=C(O)CO. The highest BCUT2D eigenvalue weighted by molar-refractivity contribution is 5.83. The minimum Gasteiger partial charge on any atom is -0.480 e. The zero-order chi connectivity index (χ0) is 11.7. The van der Waals surface area contributed by atoms with Crippen molar-refractivity contribution in [3.8, 4) is 11.8 Å². The minimum absolute atomic E-state index is 0.104. The third-order valence-corrected chi connectivity index (χ3v) is 1.41. The molecule has 0 aromatic carbocycles. The summed E-state index contributed by atoms with van der Waals surface area (Å²) in [6.07, 6.45) is 7.20. The first kappa shape index (κ1) is 13.1. The first-order chi connectivity index (χ1) is 7.07. The van der Waals surface area contributed by atoms with Crippen LogP contribution >= 0.6 is 0 Å². The first-order valence-corrected chi connectivity index (χ1v) is 4.25. The first-order valence-electron chi connectivity index (χ1n) is 4.25. The molecule has 0 bridgehead atoms. The minimum atomic E-state index is -1.19. The smallest absolute Gasteiger partial charge is 0.329 e. The number of aliphatic hydroxyl groups is 1. The molecular formula is C11H12O4. The van der Waals surface area contributed by atoms with Gasteiger partial charge in [0.05, 0.1) is 5.92 Å². The molecule has 4 heteroatoms. The lowest BCUT2D eigenvalue weighted by Crippen LogP contribution is -2.03. The highest BCUT2D eigenvalue weighted by Crippen LogP contribution is 2.00. The van der Waals surface area contributed by atoms with E-state index in [2.05, 4.69) is 11.8 Å². The van der Waals surface area contributed by atoms with Crippen LogP contribution in [0.1, 0.15) is 6.92 Å². The Bertz CT molecular complexity index is 341. The van der Waals surface area contributed by atoms with Crippen molar-refractivity contribution in [1.82, 2.24) is 0 Å². The van der Waals surface area contributed by atoms with Crippen molar-refractivity contribution < 1.29 is 19.8 Å². The van der Waals surface area contributed by atoms with Gasteiger partial charge >= 0.3 is 5.97 Å². The maximum atomic E-state index is 10.8. The van der Waals surface area contributed by atoms with Crippen molar-refractivity contribution in [3.63, 3.8) is 0 Å². The van der Waals surface area contributed by atoms with Crippen molar-refractivity contribution >= 4 is 11.8 Å².